The summed E-state index contributed by atoms with van der Waals surface area (Å²) in [6.45, 7) is 2.73. The number of sulfonamides is 1. The number of hydrogen-bond acceptors (Lipinski definition) is 3. The minimum atomic E-state index is -3.44. The number of rotatable bonds is 4. The maximum atomic E-state index is 12.2. The third-order valence-electron chi connectivity index (χ3n) is 3.99. The standard InChI is InChI=1S/C14H22N2O2S/c1-11-5-2-3-6-12(11)10-16-19(17,18)14-8-4-7-13(15)9-14/h4,7-9,11-12,16H,2-3,5-6,10,15H2,1H3. The van der Waals surface area contributed by atoms with E-state index in [1.165, 1.54) is 25.3 Å². The molecule has 1 aromatic carbocycles. The Bertz CT molecular complexity index is 528. The maximum absolute atomic E-state index is 12.2. The lowest BCUT2D eigenvalue weighted by molar-refractivity contribution is 0.257. The normalized spacial score (nSPS) is 24.3. The van der Waals surface area contributed by atoms with Gasteiger partial charge in [-0.25, -0.2) is 13.1 Å². The second-order valence-corrected chi connectivity index (χ2v) is 7.21. The van der Waals surface area contributed by atoms with Gasteiger partial charge in [0.25, 0.3) is 0 Å². The van der Waals surface area contributed by atoms with Crippen molar-refractivity contribution < 1.29 is 8.42 Å². The van der Waals surface area contributed by atoms with Crippen molar-refractivity contribution in [1.82, 2.24) is 4.72 Å². The largest absolute Gasteiger partial charge is 0.399 e. The van der Waals surface area contributed by atoms with Gasteiger partial charge in [-0.3, -0.25) is 0 Å². The van der Waals surface area contributed by atoms with E-state index in [-0.39, 0.29) is 4.90 Å². The van der Waals surface area contributed by atoms with Gasteiger partial charge >= 0.3 is 0 Å². The molecule has 0 bridgehead atoms. The molecule has 19 heavy (non-hydrogen) atoms. The van der Waals surface area contributed by atoms with Crippen LogP contribution in [0.25, 0.3) is 0 Å². The average molecular weight is 282 g/mol. The molecule has 0 amide bonds. The summed E-state index contributed by atoms with van der Waals surface area (Å²) in [4.78, 5) is 0.246. The van der Waals surface area contributed by atoms with Gasteiger partial charge in [0.1, 0.15) is 0 Å². The van der Waals surface area contributed by atoms with E-state index in [0.29, 0.717) is 24.1 Å². The highest BCUT2D eigenvalue weighted by atomic mass is 32.2. The molecule has 2 rings (SSSR count). The summed E-state index contributed by atoms with van der Waals surface area (Å²) in [5.41, 5.74) is 6.09. The van der Waals surface area contributed by atoms with Gasteiger partial charge in [-0.1, -0.05) is 32.3 Å². The molecule has 0 spiro atoms. The first-order valence-corrected chi connectivity index (χ1v) is 8.32. The van der Waals surface area contributed by atoms with Crippen LogP contribution in [0.15, 0.2) is 29.2 Å². The van der Waals surface area contributed by atoms with Crippen LogP contribution < -0.4 is 10.5 Å². The SMILES string of the molecule is CC1CCCCC1CNS(=O)(=O)c1cccc(N)c1. The number of benzene rings is 1. The van der Waals surface area contributed by atoms with Crippen LogP contribution in [0.1, 0.15) is 32.6 Å². The lowest BCUT2D eigenvalue weighted by atomic mass is 9.81. The van der Waals surface area contributed by atoms with Crippen LogP contribution in [-0.4, -0.2) is 15.0 Å². The lowest BCUT2D eigenvalue weighted by Crippen LogP contribution is -2.33. The summed E-state index contributed by atoms with van der Waals surface area (Å²) in [7, 11) is -3.44. The van der Waals surface area contributed by atoms with Gasteiger partial charge in [0.05, 0.1) is 4.90 Å². The number of nitrogens with two attached hydrogens (primary N) is 1. The van der Waals surface area contributed by atoms with E-state index < -0.39 is 10.0 Å². The first kappa shape index (κ1) is 14.3. The minimum Gasteiger partial charge on any atom is -0.399 e. The number of hydrogen-bond donors (Lipinski definition) is 2. The lowest BCUT2D eigenvalue weighted by Gasteiger charge is -2.28. The molecular weight excluding hydrogens is 260 g/mol. The van der Waals surface area contributed by atoms with E-state index >= 15 is 0 Å². The molecule has 5 heteroatoms. The Balaban J connectivity index is 2.01. The van der Waals surface area contributed by atoms with Crippen molar-refractivity contribution in [2.75, 3.05) is 12.3 Å². The molecular formula is C14H22N2O2S. The topological polar surface area (TPSA) is 72.2 Å². The molecule has 0 heterocycles. The third kappa shape index (κ3) is 3.70. The Kier molecular flexibility index (Phi) is 4.47. The Morgan fingerprint density at radius 3 is 2.74 bits per heavy atom. The summed E-state index contributed by atoms with van der Waals surface area (Å²) < 4.78 is 27.1. The van der Waals surface area contributed by atoms with Crippen molar-refractivity contribution in [2.45, 2.75) is 37.5 Å². The third-order valence-corrected chi connectivity index (χ3v) is 5.41. The van der Waals surface area contributed by atoms with Crippen LogP contribution >= 0.6 is 0 Å². The van der Waals surface area contributed by atoms with Crippen molar-refractivity contribution in [2.24, 2.45) is 11.8 Å². The maximum Gasteiger partial charge on any atom is 0.240 e. The van der Waals surface area contributed by atoms with Crippen molar-refractivity contribution in [3.63, 3.8) is 0 Å². The van der Waals surface area contributed by atoms with Crippen LogP contribution in [0, 0.1) is 11.8 Å². The fraction of sp³-hybridized carbons (Fsp3) is 0.571. The van der Waals surface area contributed by atoms with Crippen LogP contribution in [-0.2, 0) is 10.0 Å². The predicted molar refractivity (Wildman–Crippen MR) is 77.2 cm³/mol. The summed E-state index contributed by atoms with van der Waals surface area (Å²) >= 11 is 0. The molecule has 3 N–H and O–H groups in total. The second kappa shape index (κ2) is 5.92. The van der Waals surface area contributed by atoms with Gasteiger partial charge in [-0.15, -0.1) is 0 Å². The molecule has 1 aliphatic rings. The Morgan fingerprint density at radius 1 is 1.32 bits per heavy atom. The molecule has 0 radical (unpaired) electrons. The molecule has 0 aliphatic heterocycles. The molecule has 1 aliphatic carbocycles. The van der Waals surface area contributed by atoms with Crippen LogP contribution in [0.5, 0.6) is 0 Å². The van der Waals surface area contributed by atoms with E-state index in [2.05, 4.69) is 11.6 Å². The molecule has 1 saturated carbocycles. The van der Waals surface area contributed by atoms with E-state index in [1.807, 2.05) is 0 Å². The van der Waals surface area contributed by atoms with E-state index in [9.17, 15) is 8.42 Å². The van der Waals surface area contributed by atoms with E-state index in [0.717, 1.165) is 6.42 Å². The Labute approximate surface area is 115 Å². The van der Waals surface area contributed by atoms with E-state index in [4.69, 9.17) is 5.73 Å². The monoisotopic (exact) mass is 282 g/mol. The van der Waals surface area contributed by atoms with Crippen LogP contribution in [0.3, 0.4) is 0 Å². The van der Waals surface area contributed by atoms with Gasteiger partial charge in [0, 0.05) is 12.2 Å². The summed E-state index contributed by atoms with van der Waals surface area (Å²) in [5, 5.41) is 0. The van der Waals surface area contributed by atoms with Crippen molar-refractivity contribution in [1.29, 1.82) is 0 Å². The zero-order chi connectivity index (χ0) is 13.9. The summed E-state index contributed by atoms with van der Waals surface area (Å²) in [5.74, 6) is 1.04. The minimum absolute atomic E-state index is 0.246. The van der Waals surface area contributed by atoms with Crippen molar-refractivity contribution in [3.8, 4) is 0 Å². The molecule has 1 aromatic rings. The molecule has 4 nitrogen and oxygen atoms in total. The molecule has 106 valence electrons. The second-order valence-electron chi connectivity index (χ2n) is 5.45. The first-order valence-electron chi connectivity index (χ1n) is 6.84. The van der Waals surface area contributed by atoms with Gasteiger partial charge < -0.3 is 5.73 Å². The van der Waals surface area contributed by atoms with E-state index in [1.54, 1.807) is 18.2 Å². The molecule has 2 unspecified atom stereocenters. The molecule has 0 aromatic heterocycles. The fourth-order valence-electron chi connectivity index (χ4n) is 2.68. The molecule has 1 fully saturated rings. The van der Waals surface area contributed by atoms with Gasteiger partial charge in [-0.2, -0.15) is 0 Å². The van der Waals surface area contributed by atoms with Gasteiger partial charge in [0.2, 0.25) is 10.0 Å². The zero-order valence-corrected chi connectivity index (χ0v) is 12.1. The van der Waals surface area contributed by atoms with Crippen molar-refractivity contribution >= 4 is 15.7 Å². The average Bonchev–Trinajstić information content (AvgIpc) is 2.38. The van der Waals surface area contributed by atoms with Gasteiger partial charge in [0.15, 0.2) is 0 Å². The highest BCUT2D eigenvalue weighted by molar-refractivity contribution is 7.89. The van der Waals surface area contributed by atoms with Crippen molar-refractivity contribution in [3.05, 3.63) is 24.3 Å². The van der Waals surface area contributed by atoms with Crippen LogP contribution in [0.4, 0.5) is 5.69 Å². The summed E-state index contributed by atoms with van der Waals surface area (Å²) in [6.07, 6.45) is 4.78. The predicted octanol–water partition coefficient (Wildman–Crippen LogP) is 2.37. The molecule has 2 atom stereocenters. The number of nitrogens with one attached hydrogen (secondary N) is 1. The molecule has 0 saturated heterocycles. The summed E-state index contributed by atoms with van der Waals surface area (Å²) in [6, 6.07) is 6.41. The highest BCUT2D eigenvalue weighted by Gasteiger charge is 2.23. The first-order chi connectivity index (χ1) is 8.99. The smallest absolute Gasteiger partial charge is 0.240 e. The fourth-order valence-corrected chi connectivity index (χ4v) is 3.83. The zero-order valence-electron chi connectivity index (χ0n) is 11.3. The Hall–Kier alpha value is -1.07. The van der Waals surface area contributed by atoms with Crippen LogP contribution in [0.2, 0.25) is 0 Å². The quantitative estimate of drug-likeness (QED) is 0.833. The highest BCUT2D eigenvalue weighted by Crippen LogP contribution is 2.29. The number of nitrogen functional groups attached to an aromatic ring is 1. The Morgan fingerprint density at radius 2 is 2.05 bits per heavy atom. The van der Waals surface area contributed by atoms with Gasteiger partial charge in [-0.05, 0) is 36.5 Å². The number of anilines is 1.